The molecule has 2 heteroatoms. The molecule has 2 aromatic carbocycles. The highest BCUT2D eigenvalue weighted by atomic mass is 15.1. The van der Waals surface area contributed by atoms with Crippen LogP contribution in [-0.2, 0) is 0 Å². The van der Waals surface area contributed by atoms with Gasteiger partial charge in [0, 0.05) is 10.4 Å². The number of rotatable bonds is 0. The summed E-state index contributed by atoms with van der Waals surface area (Å²) in [6.07, 6.45) is 4.25. The molecule has 0 amide bonds. The van der Waals surface area contributed by atoms with Gasteiger partial charge < -0.3 is 0 Å². The molecule has 0 fully saturated rings. The summed E-state index contributed by atoms with van der Waals surface area (Å²) in [5.41, 5.74) is -0.493. The van der Waals surface area contributed by atoms with Crippen LogP contribution in [0.2, 0.25) is 0 Å². The van der Waals surface area contributed by atoms with Crippen molar-refractivity contribution in [3.63, 3.8) is 0 Å². The largest absolute Gasteiger partial charge is 0.247 e. The van der Waals surface area contributed by atoms with E-state index in [0.29, 0.717) is 0 Å². The summed E-state index contributed by atoms with van der Waals surface area (Å²) < 4.78 is 0. The third-order valence-corrected chi connectivity index (χ3v) is 3.21. The summed E-state index contributed by atoms with van der Waals surface area (Å²) >= 11 is 0. The van der Waals surface area contributed by atoms with Gasteiger partial charge in [-0.05, 0) is 24.3 Å². The van der Waals surface area contributed by atoms with Gasteiger partial charge in [0.25, 0.3) is 0 Å². The summed E-state index contributed by atoms with van der Waals surface area (Å²) in [6, 6.07) is 16.3. The molecule has 2 heterocycles. The molecule has 0 unspecified atom stereocenters. The molecule has 0 aromatic heterocycles. The van der Waals surface area contributed by atoms with E-state index in [1.807, 2.05) is 36.4 Å². The van der Waals surface area contributed by atoms with Gasteiger partial charge in [0.1, 0.15) is 0 Å². The predicted octanol–water partition coefficient (Wildman–Crippen LogP) is -0.0895. The van der Waals surface area contributed by atoms with E-state index in [0.717, 1.165) is 10.7 Å². The summed E-state index contributed by atoms with van der Waals surface area (Å²) in [7, 11) is 0. The Hall–Kier alpha value is -2.22. The second kappa shape index (κ2) is 2.92. The molecule has 0 saturated carbocycles. The maximum atomic E-state index is 4.72. The SMILES string of the molecule is C1=c2ccccc2=NC12C=c1ccccc1=N2. The second-order valence-electron chi connectivity index (χ2n) is 4.41. The Morgan fingerprint density at radius 2 is 1.12 bits per heavy atom. The van der Waals surface area contributed by atoms with E-state index in [4.69, 9.17) is 9.98 Å². The van der Waals surface area contributed by atoms with E-state index < -0.39 is 5.66 Å². The molecule has 0 aliphatic carbocycles. The molecule has 4 rings (SSSR count). The Labute approximate surface area is 98.0 Å². The predicted molar refractivity (Wildman–Crippen MR) is 66.1 cm³/mol. The zero-order chi connectivity index (χ0) is 11.3. The Kier molecular flexibility index (Phi) is 1.52. The highest BCUT2D eigenvalue weighted by molar-refractivity contribution is 5.60. The zero-order valence-electron chi connectivity index (χ0n) is 9.17. The highest BCUT2D eigenvalue weighted by Gasteiger charge is 2.28. The van der Waals surface area contributed by atoms with Gasteiger partial charge in [0.2, 0.25) is 0 Å². The summed E-state index contributed by atoms with van der Waals surface area (Å²) in [5, 5.41) is 4.39. The minimum Gasteiger partial charge on any atom is -0.247 e. The van der Waals surface area contributed by atoms with Gasteiger partial charge in [0.15, 0.2) is 5.66 Å². The van der Waals surface area contributed by atoms with Crippen LogP contribution in [0.25, 0.3) is 12.2 Å². The lowest BCUT2D eigenvalue weighted by Gasteiger charge is -2.09. The van der Waals surface area contributed by atoms with Crippen molar-refractivity contribution in [1.82, 2.24) is 0 Å². The third kappa shape index (κ3) is 1.21. The lowest BCUT2D eigenvalue weighted by Crippen LogP contribution is -2.19. The standard InChI is InChI=1S/C15H10N2/c1-3-7-13-11(5-1)9-15(16-13)10-12-6-2-4-8-14(12)17-15/h1-10H. The second-order valence-corrected chi connectivity index (χ2v) is 4.41. The third-order valence-electron chi connectivity index (χ3n) is 3.21. The fourth-order valence-electron chi connectivity index (χ4n) is 2.46. The van der Waals surface area contributed by atoms with Crippen molar-refractivity contribution >= 4 is 12.2 Å². The average molecular weight is 218 g/mol. The van der Waals surface area contributed by atoms with Crippen LogP contribution < -0.4 is 21.2 Å². The first kappa shape index (κ1) is 8.88. The van der Waals surface area contributed by atoms with Gasteiger partial charge in [-0.2, -0.15) is 0 Å². The average Bonchev–Trinajstić information content (AvgIpc) is 2.87. The zero-order valence-corrected chi connectivity index (χ0v) is 9.17. The number of para-hydroxylation sites is 2. The van der Waals surface area contributed by atoms with E-state index >= 15 is 0 Å². The Morgan fingerprint density at radius 1 is 0.647 bits per heavy atom. The molecule has 0 bridgehead atoms. The minimum atomic E-state index is -0.493. The maximum Gasteiger partial charge on any atom is 0.190 e. The van der Waals surface area contributed by atoms with Crippen molar-refractivity contribution in [2.45, 2.75) is 5.66 Å². The number of fused-ring (bicyclic) bond motifs is 2. The Morgan fingerprint density at radius 3 is 1.59 bits per heavy atom. The lowest BCUT2D eigenvalue weighted by molar-refractivity contribution is 0.764. The number of hydrogen-bond donors (Lipinski definition) is 0. The Balaban J connectivity index is 2.07. The fraction of sp³-hybridized carbons (Fsp3) is 0.0667. The Bertz CT molecular complexity index is 700. The molecule has 1 spiro atoms. The van der Waals surface area contributed by atoms with Crippen LogP contribution in [0.1, 0.15) is 0 Å². The van der Waals surface area contributed by atoms with E-state index in [-0.39, 0.29) is 0 Å². The van der Waals surface area contributed by atoms with E-state index in [1.165, 1.54) is 10.4 Å². The molecule has 2 nitrogen and oxygen atoms in total. The van der Waals surface area contributed by atoms with E-state index in [1.54, 1.807) is 0 Å². The van der Waals surface area contributed by atoms with Crippen LogP contribution in [0, 0.1) is 0 Å². The first-order valence-electron chi connectivity index (χ1n) is 5.70. The topological polar surface area (TPSA) is 24.7 Å². The van der Waals surface area contributed by atoms with Crippen molar-refractivity contribution in [3.05, 3.63) is 69.7 Å². The smallest absolute Gasteiger partial charge is 0.190 e. The molecule has 0 saturated heterocycles. The molecule has 2 aliphatic rings. The van der Waals surface area contributed by atoms with Gasteiger partial charge in [-0.3, -0.25) is 0 Å². The minimum absolute atomic E-state index is 0.493. The van der Waals surface area contributed by atoms with Crippen LogP contribution in [-0.4, -0.2) is 5.66 Å². The van der Waals surface area contributed by atoms with Crippen LogP contribution in [0.4, 0.5) is 0 Å². The molecule has 0 N–H and O–H groups in total. The van der Waals surface area contributed by atoms with Gasteiger partial charge in [-0.25, -0.2) is 9.98 Å². The number of benzene rings is 2. The number of nitrogens with zero attached hydrogens (tertiary/aromatic N) is 2. The van der Waals surface area contributed by atoms with Crippen molar-refractivity contribution in [2.24, 2.45) is 9.98 Å². The van der Waals surface area contributed by atoms with Crippen molar-refractivity contribution in [2.75, 3.05) is 0 Å². The molecule has 17 heavy (non-hydrogen) atoms. The van der Waals surface area contributed by atoms with Gasteiger partial charge in [0.05, 0.1) is 10.7 Å². The normalized spacial score (nSPS) is 17.4. The molecule has 80 valence electrons. The summed E-state index contributed by atoms with van der Waals surface area (Å²) in [5.74, 6) is 0. The molecule has 2 aliphatic heterocycles. The first-order chi connectivity index (χ1) is 8.35. The van der Waals surface area contributed by atoms with E-state index in [9.17, 15) is 0 Å². The number of hydrogen-bond acceptors (Lipinski definition) is 2. The summed E-state index contributed by atoms with van der Waals surface area (Å²) in [6.45, 7) is 0. The molecule has 0 atom stereocenters. The molecular formula is C15H10N2. The van der Waals surface area contributed by atoms with Crippen LogP contribution in [0.5, 0.6) is 0 Å². The fourth-order valence-corrected chi connectivity index (χ4v) is 2.46. The van der Waals surface area contributed by atoms with E-state index in [2.05, 4.69) is 24.3 Å². The quantitative estimate of drug-likeness (QED) is 0.590. The van der Waals surface area contributed by atoms with Gasteiger partial charge in [-0.15, -0.1) is 0 Å². The van der Waals surface area contributed by atoms with Gasteiger partial charge in [-0.1, -0.05) is 36.4 Å². The van der Waals surface area contributed by atoms with Crippen molar-refractivity contribution < 1.29 is 0 Å². The molecule has 2 aromatic rings. The summed E-state index contributed by atoms with van der Waals surface area (Å²) in [4.78, 5) is 9.44. The maximum absolute atomic E-state index is 4.72. The lowest BCUT2D eigenvalue weighted by atomic mass is 10.1. The van der Waals surface area contributed by atoms with Crippen LogP contribution in [0.3, 0.4) is 0 Å². The highest BCUT2D eigenvalue weighted by Crippen LogP contribution is 2.19. The van der Waals surface area contributed by atoms with Crippen molar-refractivity contribution in [3.8, 4) is 0 Å². The first-order valence-corrected chi connectivity index (χ1v) is 5.70. The monoisotopic (exact) mass is 218 g/mol. The van der Waals surface area contributed by atoms with Crippen LogP contribution >= 0.6 is 0 Å². The van der Waals surface area contributed by atoms with Gasteiger partial charge >= 0.3 is 0 Å². The van der Waals surface area contributed by atoms with Crippen molar-refractivity contribution in [1.29, 1.82) is 0 Å². The molecule has 0 radical (unpaired) electrons. The molecular weight excluding hydrogens is 208 g/mol. The van der Waals surface area contributed by atoms with Crippen LogP contribution in [0.15, 0.2) is 58.5 Å².